The fraction of sp³-hybridized carbons (Fsp3) is 0.650. The van der Waals surface area contributed by atoms with Crippen LogP contribution in [0.4, 0.5) is 0 Å². The largest absolute Gasteiger partial charge is 0.340 e. The minimum Gasteiger partial charge on any atom is -0.340 e. The van der Waals surface area contributed by atoms with Crippen LogP contribution in [0.5, 0.6) is 0 Å². The van der Waals surface area contributed by atoms with Crippen LogP contribution in [-0.4, -0.2) is 74.7 Å². The first kappa shape index (κ1) is 20.3. The minimum absolute atomic E-state index is 0.248. The second kappa shape index (κ2) is 8.71. The summed E-state index contributed by atoms with van der Waals surface area (Å²) in [5, 5.41) is 0. The lowest BCUT2D eigenvalue weighted by molar-refractivity contribution is -0.133. The van der Waals surface area contributed by atoms with E-state index in [1.807, 2.05) is 24.0 Å². The highest BCUT2D eigenvalue weighted by Gasteiger charge is 2.30. The first-order valence-electron chi connectivity index (χ1n) is 9.89. The van der Waals surface area contributed by atoms with Crippen LogP contribution < -0.4 is 0 Å². The van der Waals surface area contributed by atoms with Crippen molar-refractivity contribution >= 4 is 15.9 Å². The number of carbonyl (C=O) groups is 1. The highest BCUT2D eigenvalue weighted by Crippen LogP contribution is 2.27. The Balaban J connectivity index is 1.46. The molecule has 1 aromatic carbocycles. The molecule has 1 amide bonds. The Morgan fingerprint density at radius 1 is 1.00 bits per heavy atom. The Hall–Kier alpha value is -1.44. The van der Waals surface area contributed by atoms with Crippen molar-refractivity contribution in [3.05, 3.63) is 29.8 Å². The number of hydrogen-bond donors (Lipinski definition) is 0. The van der Waals surface area contributed by atoms with E-state index < -0.39 is 10.0 Å². The molecule has 7 heteroatoms. The minimum atomic E-state index is -3.40. The van der Waals surface area contributed by atoms with E-state index in [0.717, 1.165) is 51.0 Å². The number of sulfonamides is 1. The summed E-state index contributed by atoms with van der Waals surface area (Å²) < 4.78 is 27.1. The number of amides is 1. The molecule has 2 aliphatic rings. The number of hydrogen-bond acceptors (Lipinski definition) is 4. The molecule has 2 heterocycles. The van der Waals surface area contributed by atoms with Crippen LogP contribution in [-0.2, 0) is 14.8 Å². The molecule has 2 fully saturated rings. The predicted octanol–water partition coefficient (Wildman–Crippen LogP) is 1.95. The summed E-state index contributed by atoms with van der Waals surface area (Å²) >= 11 is 0. The zero-order valence-corrected chi connectivity index (χ0v) is 17.2. The molecule has 0 N–H and O–H groups in total. The summed E-state index contributed by atoms with van der Waals surface area (Å²) in [5.74, 6) is 0.684. The van der Waals surface area contributed by atoms with Gasteiger partial charge in [0.2, 0.25) is 15.9 Å². The van der Waals surface area contributed by atoms with Gasteiger partial charge in [0.1, 0.15) is 0 Å². The van der Waals surface area contributed by atoms with Gasteiger partial charge < -0.3 is 9.80 Å². The van der Waals surface area contributed by atoms with Crippen LogP contribution in [0.2, 0.25) is 0 Å². The summed E-state index contributed by atoms with van der Waals surface area (Å²) in [6.45, 7) is 6.58. The van der Waals surface area contributed by atoms with E-state index in [2.05, 4.69) is 11.9 Å². The number of piperazine rings is 1. The van der Waals surface area contributed by atoms with Gasteiger partial charge in [-0.05, 0) is 51.3 Å². The second-order valence-electron chi connectivity index (χ2n) is 7.88. The smallest absolute Gasteiger partial charge is 0.243 e. The topological polar surface area (TPSA) is 60.9 Å². The molecule has 0 radical (unpaired) electrons. The molecule has 0 aromatic heterocycles. The zero-order valence-electron chi connectivity index (χ0n) is 16.4. The van der Waals surface area contributed by atoms with E-state index in [4.69, 9.17) is 0 Å². The van der Waals surface area contributed by atoms with Crippen molar-refractivity contribution < 1.29 is 13.2 Å². The first-order valence-corrected chi connectivity index (χ1v) is 11.3. The molecule has 3 rings (SSSR count). The first-order chi connectivity index (χ1) is 12.9. The van der Waals surface area contributed by atoms with Crippen LogP contribution in [0.15, 0.2) is 29.2 Å². The highest BCUT2D eigenvalue weighted by molar-refractivity contribution is 7.89. The Morgan fingerprint density at radius 2 is 1.59 bits per heavy atom. The van der Waals surface area contributed by atoms with E-state index in [1.165, 1.54) is 0 Å². The van der Waals surface area contributed by atoms with Crippen molar-refractivity contribution in [3.63, 3.8) is 0 Å². The summed E-state index contributed by atoms with van der Waals surface area (Å²) in [6, 6.07) is 7.05. The van der Waals surface area contributed by atoms with E-state index >= 15 is 0 Å². The number of nitrogens with zero attached hydrogens (tertiary/aromatic N) is 3. The molecule has 0 unspecified atom stereocenters. The van der Waals surface area contributed by atoms with E-state index in [9.17, 15) is 13.2 Å². The molecule has 2 aliphatic heterocycles. The van der Waals surface area contributed by atoms with Gasteiger partial charge in [0.25, 0.3) is 0 Å². The van der Waals surface area contributed by atoms with Gasteiger partial charge in [0.05, 0.1) is 4.90 Å². The maximum absolute atomic E-state index is 12.8. The number of carbonyl (C=O) groups excluding carboxylic acids is 1. The standard InChI is InChI=1S/C20H31N3O3S/c1-17-3-6-19(7-4-17)27(25,26)23-11-9-18(10-12-23)5-8-20(24)22-15-13-21(2)14-16-22/h3-4,6-7,18H,5,8-16H2,1-2H3. The van der Waals surface area contributed by atoms with Crippen LogP contribution in [0.3, 0.4) is 0 Å². The maximum Gasteiger partial charge on any atom is 0.243 e. The lowest BCUT2D eigenvalue weighted by Crippen LogP contribution is -2.47. The van der Waals surface area contributed by atoms with Crippen molar-refractivity contribution in [1.82, 2.24) is 14.1 Å². The molecule has 0 aliphatic carbocycles. The average Bonchev–Trinajstić information content (AvgIpc) is 2.67. The quantitative estimate of drug-likeness (QED) is 0.767. The number of benzene rings is 1. The van der Waals surface area contributed by atoms with Crippen molar-refractivity contribution in [1.29, 1.82) is 0 Å². The Labute approximate surface area is 163 Å². The lowest BCUT2D eigenvalue weighted by Gasteiger charge is -2.34. The van der Waals surface area contributed by atoms with Crippen molar-refractivity contribution in [2.24, 2.45) is 5.92 Å². The fourth-order valence-electron chi connectivity index (χ4n) is 3.84. The van der Waals surface area contributed by atoms with Gasteiger partial charge in [0, 0.05) is 45.7 Å². The fourth-order valence-corrected chi connectivity index (χ4v) is 5.31. The molecule has 0 saturated carbocycles. The Bertz CT molecular complexity index is 732. The zero-order chi connectivity index (χ0) is 19.4. The van der Waals surface area contributed by atoms with Gasteiger partial charge in [-0.25, -0.2) is 8.42 Å². The molecule has 6 nitrogen and oxygen atoms in total. The molecule has 0 bridgehead atoms. The molecule has 150 valence electrons. The Kier molecular flexibility index (Phi) is 6.55. The monoisotopic (exact) mass is 393 g/mol. The summed E-state index contributed by atoms with van der Waals surface area (Å²) in [5.41, 5.74) is 1.05. The van der Waals surface area contributed by atoms with Crippen LogP contribution in [0, 0.1) is 12.8 Å². The molecule has 0 atom stereocenters. The number of piperidine rings is 1. The predicted molar refractivity (Wildman–Crippen MR) is 106 cm³/mol. The van der Waals surface area contributed by atoms with Gasteiger partial charge in [-0.3, -0.25) is 4.79 Å². The Morgan fingerprint density at radius 3 is 2.19 bits per heavy atom. The molecular formula is C20H31N3O3S. The third-order valence-corrected chi connectivity index (χ3v) is 7.77. The molecule has 0 spiro atoms. The molecule has 27 heavy (non-hydrogen) atoms. The lowest BCUT2D eigenvalue weighted by atomic mass is 9.93. The number of aryl methyl sites for hydroxylation is 1. The number of rotatable bonds is 5. The van der Waals surface area contributed by atoms with Crippen molar-refractivity contribution in [2.45, 2.75) is 37.5 Å². The van der Waals surface area contributed by atoms with E-state index in [1.54, 1.807) is 16.4 Å². The normalized spacial score (nSPS) is 20.7. The second-order valence-corrected chi connectivity index (χ2v) is 9.82. The van der Waals surface area contributed by atoms with Crippen molar-refractivity contribution in [2.75, 3.05) is 46.3 Å². The van der Waals surface area contributed by atoms with Crippen LogP contribution >= 0.6 is 0 Å². The van der Waals surface area contributed by atoms with Gasteiger partial charge in [0.15, 0.2) is 0 Å². The van der Waals surface area contributed by atoms with Crippen LogP contribution in [0.1, 0.15) is 31.2 Å². The van der Waals surface area contributed by atoms with E-state index in [-0.39, 0.29) is 5.91 Å². The maximum atomic E-state index is 12.8. The molecular weight excluding hydrogens is 362 g/mol. The summed E-state index contributed by atoms with van der Waals surface area (Å²) in [4.78, 5) is 17.0. The van der Waals surface area contributed by atoms with Gasteiger partial charge in [-0.1, -0.05) is 17.7 Å². The third kappa shape index (κ3) is 5.09. The summed E-state index contributed by atoms with van der Waals surface area (Å²) in [6.07, 6.45) is 3.12. The van der Waals surface area contributed by atoms with Crippen LogP contribution in [0.25, 0.3) is 0 Å². The average molecular weight is 394 g/mol. The van der Waals surface area contributed by atoms with Gasteiger partial charge >= 0.3 is 0 Å². The molecule has 1 aromatic rings. The van der Waals surface area contributed by atoms with E-state index in [0.29, 0.717) is 30.3 Å². The van der Waals surface area contributed by atoms with Gasteiger partial charge in [-0.15, -0.1) is 0 Å². The summed E-state index contributed by atoms with van der Waals surface area (Å²) in [7, 11) is -1.32. The highest BCUT2D eigenvalue weighted by atomic mass is 32.2. The molecule has 2 saturated heterocycles. The third-order valence-electron chi connectivity index (χ3n) is 5.85. The number of likely N-dealkylation sites (N-methyl/N-ethyl adjacent to an activating group) is 1. The van der Waals surface area contributed by atoms with Gasteiger partial charge in [-0.2, -0.15) is 4.31 Å². The van der Waals surface area contributed by atoms with Crippen molar-refractivity contribution in [3.8, 4) is 0 Å². The SMILES string of the molecule is Cc1ccc(S(=O)(=O)N2CCC(CCC(=O)N3CCN(C)CC3)CC2)cc1.